The number of thiazole rings is 1. The molecule has 0 aliphatic heterocycles. The summed E-state index contributed by atoms with van der Waals surface area (Å²) in [6, 6.07) is 7.52. The quantitative estimate of drug-likeness (QED) is 0.836. The van der Waals surface area contributed by atoms with E-state index in [1.807, 2.05) is 30.5 Å². The van der Waals surface area contributed by atoms with Crippen molar-refractivity contribution in [3.63, 3.8) is 0 Å². The smallest absolute Gasteiger partial charge is 0.159 e. The average molecular weight is 260 g/mol. The number of nitrogens with one attached hydrogen (secondary N) is 1. The van der Waals surface area contributed by atoms with E-state index >= 15 is 0 Å². The van der Waals surface area contributed by atoms with Crippen molar-refractivity contribution in [1.82, 2.24) is 4.98 Å². The molecule has 18 heavy (non-hydrogen) atoms. The fourth-order valence-corrected chi connectivity index (χ4v) is 2.40. The Kier molecular flexibility index (Phi) is 4.10. The number of Topliss-reactive ketones (excluding diaryl/α,β-unsaturated/α-hetero) is 1. The molecular formula is C14H16N2OS. The number of benzene rings is 1. The number of nitrogens with zero attached hydrogens (tertiary/aromatic N) is 1. The Morgan fingerprint density at radius 2 is 2.06 bits per heavy atom. The summed E-state index contributed by atoms with van der Waals surface area (Å²) >= 11 is 1.73. The van der Waals surface area contributed by atoms with E-state index in [0.29, 0.717) is 0 Å². The Hall–Kier alpha value is -1.68. The number of aromatic nitrogens is 1. The van der Waals surface area contributed by atoms with Crippen molar-refractivity contribution in [3.8, 4) is 0 Å². The minimum atomic E-state index is 0.0917. The van der Waals surface area contributed by atoms with Crippen LogP contribution in [-0.2, 0) is 13.0 Å². The minimum Gasteiger partial charge on any atom is -0.379 e. The maximum atomic E-state index is 11.1. The number of ketones is 1. The summed E-state index contributed by atoms with van der Waals surface area (Å²) in [4.78, 5) is 16.8. The van der Waals surface area contributed by atoms with Gasteiger partial charge in [-0.05, 0) is 37.6 Å². The lowest BCUT2D eigenvalue weighted by Crippen LogP contribution is -1.99. The Labute approximate surface area is 111 Å². The molecule has 3 nitrogen and oxygen atoms in total. The second-order valence-electron chi connectivity index (χ2n) is 4.06. The maximum absolute atomic E-state index is 11.1. The fourth-order valence-electron chi connectivity index (χ4n) is 1.59. The van der Waals surface area contributed by atoms with Crippen molar-refractivity contribution in [2.75, 3.05) is 5.32 Å². The summed E-state index contributed by atoms with van der Waals surface area (Å²) in [5.74, 6) is 0.0917. The zero-order chi connectivity index (χ0) is 13.0. The van der Waals surface area contributed by atoms with Crippen LogP contribution in [0.5, 0.6) is 0 Å². The van der Waals surface area contributed by atoms with Gasteiger partial charge in [-0.2, -0.15) is 0 Å². The summed E-state index contributed by atoms with van der Waals surface area (Å²) in [6.07, 6.45) is 2.96. The molecule has 1 N–H and O–H groups in total. The summed E-state index contributed by atoms with van der Waals surface area (Å²) in [6.45, 7) is 4.43. The summed E-state index contributed by atoms with van der Waals surface area (Å²) in [5.41, 5.74) is 1.75. The molecule has 1 aromatic carbocycles. The van der Waals surface area contributed by atoms with E-state index < -0.39 is 0 Å². The van der Waals surface area contributed by atoms with E-state index in [0.717, 1.165) is 29.2 Å². The van der Waals surface area contributed by atoms with Crippen molar-refractivity contribution in [2.24, 2.45) is 0 Å². The standard InChI is InChI=1S/C14H16N2OS/c1-3-13-8-16-14(18-13)9-15-12-6-4-11(5-7-12)10(2)17/h4-8,15H,3,9H2,1-2H3. The van der Waals surface area contributed by atoms with Gasteiger partial charge >= 0.3 is 0 Å². The summed E-state index contributed by atoms with van der Waals surface area (Å²) in [7, 11) is 0. The lowest BCUT2D eigenvalue weighted by atomic mass is 10.1. The van der Waals surface area contributed by atoms with Gasteiger partial charge in [-0.15, -0.1) is 11.3 Å². The minimum absolute atomic E-state index is 0.0917. The monoisotopic (exact) mass is 260 g/mol. The van der Waals surface area contributed by atoms with Gasteiger partial charge in [0.05, 0.1) is 6.54 Å². The zero-order valence-electron chi connectivity index (χ0n) is 10.6. The van der Waals surface area contributed by atoms with Gasteiger partial charge in [-0.1, -0.05) is 6.92 Å². The highest BCUT2D eigenvalue weighted by atomic mass is 32.1. The van der Waals surface area contributed by atoms with Gasteiger partial charge in [0.1, 0.15) is 5.01 Å². The van der Waals surface area contributed by atoms with Gasteiger partial charge in [0, 0.05) is 22.3 Å². The fraction of sp³-hybridized carbons (Fsp3) is 0.286. The average Bonchev–Trinajstić information content (AvgIpc) is 2.85. The Morgan fingerprint density at radius 3 is 2.61 bits per heavy atom. The number of anilines is 1. The number of aryl methyl sites for hydroxylation is 1. The number of carbonyl (C=O) groups is 1. The number of hydrogen-bond acceptors (Lipinski definition) is 4. The van der Waals surface area contributed by atoms with Crippen LogP contribution in [0.1, 0.15) is 34.1 Å². The molecule has 1 heterocycles. The molecule has 2 rings (SSSR count). The first-order chi connectivity index (χ1) is 8.69. The predicted octanol–water partition coefficient (Wildman–Crippen LogP) is 3.52. The normalized spacial score (nSPS) is 10.3. The van der Waals surface area contributed by atoms with Crippen molar-refractivity contribution in [3.05, 3.63) is 45.9 Å². The molecule has 1 aromatic heterocycles. The predicted molar refractivity (Wildman–Crippen MR) is 75.3 cm³/mol. The van der Waals surface area contributed by atoms with Gasteiger partial charge in [0.2, 0.25) is 0 Å². The van der Waals surface area contributed by atoms with Crippen molar-refractivity contribution in [2.45, 2.75) is 26.8 Å². The van der Waals surface area contributed by atoms with Gasteiger partial charge < -0.3 is 5.32 Å². The first-order valence-electron chi connectivity index (χ1n) is 5.97. The van der Waals surface area contributed by atoms with E-state index in [4.69, 9.17) is 0 Å². The van der Waals surface area contributed by atoms with E-state index in [9.17, 15) is 4.79 Å². The molecule has 0 spiro atoms. The van der Waals surface area contributed by atoms with Crippen LogP contribution in [0, 0.1) is 0 Å². The first-order valence-corrected chi connectivity index (χ1v) is 6.79. The molecule has 2 aromatic rings. The van der Waals surface area contributed by atoms with Gasteiger partial charge in [0.25, 0.3) is 0 Å². The SMILES string of the molecule is CCc1cnc(CNc2ccc(C(C)=O)cc2)s1. The van der Waals surface area contributed by atoms with Crippen LogP contribution in [0.3, 0.4) is 0 Å². The molecule has 4 heteroatoms. The molecule has 0 fully saturated rings. The third-order valence-electron chi connectivity index (χ3n) is 2.69. The van der Waals surface area contributed by atoms with Crippen LogP contribution >= 0.6 is 11.3 Å². The number of rotatable bonds is 5. The Morgan fingerprint density at radius 1 is 1.33 bits per heavy atom. The van der Waals surface area contributed by atoms with Crippen molar-refractivity contribution >= 4 is 22.8 Å². The van der Waals surface area contributed by atoms with Crippen LogP contribution < -0.4 is 5.32 Å². The maximum Gasteiger partial charge on any atom is 0.159 e. The highest BCUT2D eigenvalue weighted by Gasteiger charge is 2.01. The summed E-state index contributed by atoms with van der Waals surface area (Å²) < 4.78 is 0. The van der Waals surface area contributed by atoms with Crippen LogP contribution in [-0.4, -0.2) is 10.8 Å². The number of hydrogen-bond donors (Lipinski definition) is 1. The van der Waals surface area contributed by atoms with Gasteiger partial charge in [-0.3, -0.25) is 4.79 Å². The Bertz CT molecular complexity index is 531. The largest absolute Gasteiger partial charge is 0.379 e. The lowest BCUT2D eigenvalue weighted by molar-refractivity contribution is 0.101. The molecule has 0 saturated carbocycles. The lowest BCUT2D eigenvalue weighted by Gasteiger charge is -2.04. The molecule has 0 aliphatic rings. The molecule has 0 unspecified atom stereocenters. The third-order valence-corrected chi connectivity index (χ3v) is 3.83. The van der Waals surface area contributed by atoms with E-state index in [1.165, 1.54) is 4.88 Å². The molecule has 0 atom stereocenters. The molecule has 94 valence electrons. The van der Waals surface area contributed by atoms with E-state index in [1.54, 1.807) is 18.3 Å². The molecule has 0 radical (unpaired) electrons. The van der Waals surface area contributed by atoms with Crippen LogP contribution in [0.25, 0.3) is 0 Å². The van der Waals surface area contributed by atoms with Crippen LogP contribution in [0.15, 0.2) is 30.5 Å². The van der Waals surface area contributed by atoms with Gasteiger partial charge in [0.15, 0.2) is 5.78 Å². The third kappa shape index (κ3) is 3.17. The molecule has 0 bridgehead atoms. The summed E-state index contributed by atoms with van der Waals surface area (Å²) in [5, 5.41) is 4.39. The highest BCUT2D eigenvalue weighted by Crippen LogP contribution is 2.16. The first kappa shape index (κ1) is 12.8. The number of carbonyl (C=O) groups excluding carboxylic acids is 1. The van der Waals surface area contributed by atoms with Gasteiger partial charge in [-0.25, -0.2) is 4.98 Å². The topological polar surface area (TPSA) is 42.0 Å². The molecule has 0 amide bonds. The van der Waals surface area contributed by atoms with E-state index in [2.05, 4.69) is 17.2 Å². The van der Waals surface area contributed by atoms with Crippen LogP contribution in [0.4, 0.5) is 5.69 Å². The second kappa shape index (κ2) is 5.78. The van der Waals surface area contributed by atoms with Crippen LogP contribution in [0.2, 0.25) is 0 Å². The highest BCUT2D eigenvalue weighted by molar-refractivity contribution is 7.11. The van der Waals surface area contributed by atoms with E-state index in [-0.39, 0.29) is 5.78 Å². The van der Waals surface area contributed by atoms with Crippen molar-refractivity contribution < 1.29 is 4.79 Å². The zero-order valence-corrected chi connectivity index (χ0v) is 11.4. The molecular weight excluding hydrogens is 244 g/mol. The Balaban J connectivity index is 1.95. The molecule has 0 aliphatic carbocycles. The van der Waals surface area contributed by atoms with Crippen molar-refractivity contribution in [1.29, 1.82) is 0 Å². The second-order valence-corrected chi connectivity index (χ2v) is 5.26. The molecule has 0 saturated heterocycles.